The predicted molar refractivity (Wildman–Crippen MR) is 105 cm³/mol. The van der Waals surface area contributed by atoms with E-state index in [4.69, 9.17) is 4.74 Å². The van der Waals surface area contributed by atoms with E-state index in [1.54, 1.807) is 0 Å². The maximum Gasteiger partial charge on any atom is 0.310 e. The second-order valence-corrected chi connectivity index (χ2v) is 7.89. The van der Waals surface area contributed by atoms with Gasteiger partial charge in [0.2, 0.25) is 0 Å². The Morgan fingerprint density at radius 2 is 2.04 bits per heavy atom. The molecule has 0 saturated carbocycles. The van der Waals surface area contributed by atoms with Crippen LogP contribution in [-0.4, -0.2) is 47.0 Å². The maximum atomic E-state index is 12.6. The summed E-state index contributed by atoms with van der Waals surface area (Å²) < 4.78 is 7.59. The number of carbonyl (C=O) groups is 2. The SMILES string of the molecule is CCN1C[C@H](C(=O)OCC(C)=O)CC2c3cccc4c3c(cn4CC)C[C@H]21. The van der Waals surface area contributed by atoms with Crippen LogP contribution < -0.4 is 0 Å². The number of hydrogen-bond acceptors (Lipinski definition) is 4. The predicted octanol–water partition coefficient (Wildman–Crippen LogP) is 3.14. The number of benzene rings is 1. The highest BCUT2D eigenvalue weighted by atomic mass is 16.5. The Hall–Kier alpha value is -2.14. The van der Waals surface area contributed by atoms with Crippen molar-refractivity contribution >= 4 is 22.7 Å². The second kappa shape index (κ2) is 7.12. The maximum absolute atomic E-state index is 12.6. The number of Topliss-reactive ketones (excluding diaryl/α,β-unsaturated/α-hetero) is 1. The molecule has 0 bridgehead atoms. The lowest BCUT2D eigenvalue weighted by Crippen LogP contribution is -2.51. The van der Waals surface area contributed by atoms with Crippen LogP contribution in [0.3, 0.4) is 0 Å². The Bertz CT molecular complexity index is 885. The molecule has 1 aromatic heterocycles. The number of nitrogens with zero attached hydrogens (tertiary/aromatic N) is 2. The van der Waals surface area contributed by atoms with Crippen molar-refractivity contribution in [2.24, 2.45) is 5.92 Å². The number of fused-ring (bicyclic) bond motifs is 2. The summed E-state index contributed by atoms with van der Waals surface area (Å²) in [6.45, 7) is 8.27. The zero-order chi connectivity index (χ0) is 19.1. The topological polar surface area (TPSA) is 51.5 Å². The highest BCUT2D eigenvalue weighted by Crippen LogP contribution is 2.45. The van der Waals surface area contributed by atoms with E-state index in [1.165, 1.54) is 29.0 Å². The Balaban J connectivity index is 1.69. The molecule has 0 amide bonds. The molecule has 5 heteroatoms. The van der Waals surface area contributed by atoms with Gasteiger partial charge in [-0.1, -0.05) is 19.1 Å². The molecule has 0 radical (unpaired) electrons. The first-order valence-corrected chi connectivity index (χ1v) is 10.0. The van der Waals surface area contributed by atoms with Crippen LogP contribution in [0.25, 0.3) is 10.9 Å². The van der Waals surface area contributed by atoms with Crippen molar-refractivity contribution in [3.05, 3.63) is 35.5 Å². The molecule has 0 spiro atoms. The van der Waals surface area contributed by atoms with Crippen molar-refractivity contribution in [2.45, 2.75) is 52.1 Å². The van der Waals surface area contributed by atoms with E-state index in [9.17, 15) is 9.59 Å². The summed E-state index contributed by atoms with van der Waals surface area (Å²) in [5.74, 6) is -0.184. The zero-order valence-corrected chi connectivity index (χ0v) is 16.4. The highest BCUT2D eigenvalue weighted by Gasteiger charge is 2.42. The lowest BCUT2D eigenvalue weighted by atomic mass is 9.72. The standard InChI is InChI=1S/C22H28N2O3/c1-4-23-11-15-10-20-18(17-7-6-8-19(23)21(15)17)9-16(12-24(20)5-2)22(26)27-13-14(3)25/h6-8,11,16,18,20H,4-5,9-10,12-13H2,1-3H3/t16-,18?,20-/m1/s1. The number of ether oxygens (including phenoxy) is 1. The summed E-state index contributed by atoms with van der Waals surface area (Å²) in [5.41, 5.74) is 4.10. The average molecular weight is 368 g/mol. The molecular formula is C22H28N2O3. The lowest BCUT2D eigenvalue weighted by Gasteiger charge is -2.46. The first-order valence-electron chi connectivity index (χ1n) is 10.0. The molecular weight excluding hydrogens is 340 g/mol. The molecule has 1 aliphatic carbocycles. The van der Waals surface area contributed by atoms with Gasteiger partial charge in [0.1, 0.15) is 6.61 Å². The molecule has 2 aromatic rings. The molecule has 0 N–H and O–H groups in total. The molecule has 2 aliphatic rings. The van der Waals surface area contributed by atoms with Crippen molar-refractivity contribution in [3.8, 4) is 0 Å². The summed E-state index contributed by atoms with van der Waals surface area (Å²) in [5, 5.41) is 1.38. The van der Waals surface area contributed by atoms with Gasteiger partial charge >= 0.3 is 5.97 Å². The van der Waals surface area contributed by atoms with Crippen LogP contribution in [0.5, 0.6) is 0 Å². The largest absolute Gasteiger partial charge is 0.457 e. The van der Waals surface area contributed by atoms with Crippen LogP contribution in [-0.2, 0) is 27.3 Å². The van der Waals surface area contributed by atoms with E-state index in [0.29, 0.717) is 18.5 Å². The quantitative estimate of drug-likeness (QED) is 0.761. The molecule has 27 heavy (non-hydrogen) atoms. The Morgan fingerprint density at radius 3 is 2.74 bits per heavy atom. The molecule has 2 heterocycles. The number of likely N-dealkylation sites (tertiary alicyclic amines) is 1. The van der Waals surface area contributed by atoms with Crippen LogP contribution in [0.4, 0.5) is 0 Å². The average Bonchev–Trinajstić information content (AvgIpc) is 3.04. The molecule has 144 valence electrons. The summed E-state index contributed by atoms with van der Waals surface area (Å²) >= 11 is 0. The van der Waals surface area contributed by atoms with Gasteiger partial charge in [-0.05, 0) is 50.4 Å². The van der Waals surface area contributed by atoms with Gasteiger partial charge in [0.15, 0.2) is 5.78 Å². The van der Waals surface area contributed by atoms with Crippen molar-refractivity contribution in [1.82, 2.24) is 9.47 Å². The molecule has 1 aliphatic heterocycles. The number of rotatable bonds is 5. The van der Waals surface area contributed by atoms with E-state index < -0.39 is 0 Å². The van der Waals surface area contributed by atoms with Crippen LogP contribution in [0.1, 0.15) is 44.2 Å². The first-order chi connectivity index (χ1) is 13.0. The minimum Gasteiger partial charge on any atom is -0.457 e. The number of esters is 1. The number of likely N-dealkylation sites (N-methyl/N-ethyl adjacent to an activating group) is 1. The van der Waals surface area contributed by atoms with Crippen LogP contribution in [0.2, 0.25) is 0 Å². The van der Waals surface area contributed by atoms with Gasteiger partial charge in [0, 0.05) is 42.1 Å². The van der Waals surface area contributed by atoms with E-state index >= 15 is 0 Å². The second-order valence-electron chi connectivity index (χ2n) is 7.89. The number of ketones is 1. The monoisotopic (exact) mass is 368 g/mol. The Kier molecular flexibility index (Phi) is 4.81. The van der Waals surface area contributed by atoms with Gasteiger partial charge in [0.25, 0.3) is 0 Å². The number of carbonyl (C=O) groups excluding carboxylic acids is 2. The summed E-state index contributed by atoms with van der Waals surface area (Å²) in [6, 6.07) is 7.01. The van der Waals surface area contributed by atoms with Crippen LogP contribution in [0.15, 0.2) is 24.4 Å². The fraction of sp³-hybridized carbons (Fsp3) is 0.545. The molecule has 1 unspecified atom stereocenters. The minimum absolute atomic E-state index is 0.114. The van der Waals surface area contributed by atoms with Gasteiger partial charge in [-0.25, -0.2) is 0 Å². The van der Waals surface area contributed by atoms with Crippen LogP contribution in [0, 0.1) is 5.92 Å². The van der Waals surface area contributed by atoms with Gasteiger partial charge in [-0.2, -0.15) is 0 Å². The third-order valence-corrected chi connectivity index (χ3v) is 6.27. The number of aromatic nitrogens is 1. The Morgan fingerprint density at radius 1 is 1.22 bits per heavy atom. The van der Waals surface area contributed by atoms with Crippen molar-refractivity contribution in [2.75, 3.05) is 19.7 Å². The first kappa shape index (κ1) is 18.2. The lowest BCUT2D eigenvalue weighted by molar-refractivity contribution is -0.154. The number of hydrogen-bond donors (Lipinski definition) is 0. The fourth-order valence-electron chi connectivity index (χ4n) is 5.06. The van der Waals surface area contributed by atoms with E-state index in [-0.39, 0.29) is 24.3 Å². The van der Waals surface area contributed by atoms with Gasteiger partial charge in [-0.3, -0.25) is 14.5 Å². The van der Waals surface area contributed by atoms with E-state index in [1.807, 2.05) is 0 Å². The number of piperidine rings is 1. The molecule has 5 nitrogen and oxygen atoms in total. The molecule has 4 rings (SSSR count). The fourth-order valence-corrected chi connectivity index (χ4v) is 5.06. The minimum atomic E-state index is -0.230. The van der Waals surface area contributed by atoms with Gasteiger partial charge < -0.3 is 9.30 Å². The van der Waals surface area contributed by atoms with Gasteiger partial charge in [-0.15, -0.1) is 0 Å². The highest BCUT2D eigenvalue weighted by molar-refractivity contribution is 5.89. The smallest absolute Gasteiger partial charge is 0.310 e. The third kappa shape index (κ3) is 3.08. The zero-order valence-electron chi connectivity index (χ0n) is 16.4. The van der Waals surface area contributed by atoms with Gasteiger partial charge in [0.05, 0.1) is 5.92 Å². The van der Waals surface area contributed by atoms with Crippen molar-refractivity contribution in [3.63, 3.8) is 0 Å². The van der Waals surface area contributed by atoms with E-state index in [2.05, 4.69) is 47.7 Å². The Labute approximate surface area is 160 Å². The van der Waals surface area contributed by atoms with Crippen molar-refractivity contribution in [1.29, 1.82) is 0 Å². The summed E-state index contributed by atoms with van der Waals surface area (Å²) in [7, 11) is 0. The number of aryl methyl sites for hydroxylation is 1. The van der Waals surface area contributed by atoms with Crippen molar-refractivity contribution < 1.29 is 14.3 Å². The van der Waals surface area contributed by atoms with Crippen LogP contribution >= 0.6 is 0 Å². The van der Waals surface area contributed by atoms with E-state index in [0.717, 1.165) is 25.9 Å². The molecule has 1 fully saturated rings. The molecule has 1 saturated heterocycles. The summed E-state index contributed by atoms with van der Waals surface area (Å²) in [4.78, 5) is 26.2. The molecule has 1 aromatic carbocycles. The normalized spacial score (nSPS) is 24.6. The third-order valence-electron chi connectivity index (χ3n) is 6.27. The molecule has 3 atom stereocenters. The summed E-state index contributed by atoms with van der Waals surface area (Å²) in [6.07, 6.45) is 4.15.